The summed E-state index contributed by atoms with van der Waals surface area (Å²) in [4.78, 5) is 9.81. The second-order valence-corrected chi connectivity index (χ2v) is 17.1. The minimum Gasteiger partial charge on any atom is -0.309 e. The molecule has 322 valence electrons. The monoisotopic (exact) mass is 890 g/mol. The maximum Gasteiger partial charge on any atom is 0.160 e. The van der Waals surface area contributed by atoms with E-state index >= 15 is 0 Å². The van der Waals surface area contributed by atoms with E-state index in [0.717, 1.165) is 66.3 Å². The summed E-state index contributed by atoms with van der Waals surface area (Å²) in [6.45, 7) is 0. The molecular formula is C62H34N8. The van der Waals surface area contributed by atoms with Crippen molar-refractivity contribution in [1.82, 2.24) is 19.1 Å². The summed E-state index contributed by atoms with van der Waals surface area (Å²) in [6.07, 6.45) is 0. The van der Waals surface area contributed by atoms with Gasteiger partial charge in [0.2, 0.25) is 0 Å². The molecule has 0 saturated heterocycles. The Balaban J connectivity index is 0.887. The van der Waals surface area contributed by atoms with E-state index in [0.29, 0.717) is 56.3 Å². The van der Waals surface area contributed by atoms with Gasteiger partial charge in [0.05, 0.1) is 79.6 Å². The zero-order valence-corrected chi connectivity index (χ0v) is 37.2. The number of para-hydroxylation sites is 3. The van der Waals surface area contributed by atoms with Crippen LogP contribution in [0.4, 0.5) is 0 Å². The van der Waals surface area contributed by atoms with Gasteiger partial charge in [0.1, 0.15) is 6.07 Å². The van der Waals surface area contributed by atoms with E-state index in [1.165, 1.54) is 10.8 Å². The molecule has 0 atom stereocenters. The van der Waals surface area contributed by atoms with Crippen molar-refractivity contribution in [1.29, 1.82) is 21.0 Å². The molecule has 70 heavy (non-hydrogen) atoms. The summed E-state index contributed by atoms with van der Waals surface area (Å²) >= 11 is 0. The molecular weight excluding hydrogens is 857 g/mol. The zero-order valence-electron chi connectivity index (χ0n) is 37.2. The van der Waals surface area contributed by atoms with Crippen molar-refractivity contribution in [2.45, 2.75) is 0 Å². The van der Waals surface area contributed by atoms with E-state index in [4.69, 9.17) is 9.97 Å². The largest absolute Gasteiger partial charge is 0.309 e. The zero-order chi connectivity index (χ0) is 47.3. The minimum atomic E-state index is 0.453. The number of nitrogens with zero attached hydrogens (tertiary/aromatic N) is 8. The molecule has 0 radical (unpaired) electrons. The van der Waals surface area contributed by atoms with Gasteiger partial charge >= 0.3 is 0 Å². The first-order valence-corrected chi connectivity index (χ1v) is 22.6. The highest BCUT2D eigenvalue weighted by atomic mass is 15.0. The van der Waals surface area contributed by atoms with Crippen LogP contribution in [-0.2, 0) is 0 Å². The van der Waals surface area contributed by atoms with Crippen molar-refractivity contribution < 1.29 is 0 Å². The van der Waals surface area contributed by atoms with Crippen molar-refractivity contribution in [3.05, 3.63) is 229 Å². The molecule has 0 aliphatic carbocycles. The number of nitriles is 4. The van der Waals surface area contributed by atoms with Crippen LogP contribution in [0.25, 0.3) is 111 Å². The van der Waals surface area contributed by atoms with Crippen LogP contribution < -0.4 is 0 Å². The van der Waals surface area contributed by atoms with Crippen molar-refractivity contribution in [2.24, 2.45) is 0 Å². The van der Waals surface area contributed by atoms with Crippen molar-refractivity contribution >= 4 is 43.6 Å². The summed E-state index contributed by atoms with van der Waals surface area (Å²) in [7, 11) is 0. The summed E-state index contributed by atoms with van der Waals surface area (Å²) in [5.74, 6) is 0.469. The fraction of sp³-hybridized carbons (Fsp3) is 0. The molecule has 8 heteroatoms. The molecule has 0 N–H and O–H groups in total. The maximum atomic E-state index is 10.8. The SMILES string of the molecule is N#Cc1cccc(-c2cc(-c3ccc(-c4ccc(-c5cc(C#N)c(-n6c7ccccc7c7cc(-n8c9ccccc9c9ccccc98)ccc76)cc5C#N)cc4)cc3)nc(-c3cccc(C#N)c3)n2)c1. The van der Waals surface area contributed by atoms with Crippen LogP contribution in [0.1, 0.15) is 22.3 Å². The standard InChI is InChI=1S/C62H34N8/c63-35-39-9-7-11-45(29-39)56-34-55(67-62(68-56)46-12-8-10-40(30-46)36-64)44-25-21-42(22-26-44)41-19-23-43(24-20-41)53-31-48(38-66)61(32-47(53)37-65)70-59-18-6-3-15-52(59)54-33-49(27-28-60(54)70)69-57-16-4-1-13-50(57)51-14-2-5-17-58(51)69/h1-34H. The predicted octanol–water partition coefficient (Wildman–Crippen LogP) is 14.5. The van der Waals surface area contributed by atoms with Gasteiger partial charge in [-0.15, -0.1) is 0 Å². The Kier molecular flexibility index (Phi) is 9.86. The molecule has 0 aliphatic heterocycles. The third kappa shape index (κ3) is 6.90. The first kappa shape index (κ1) is 41.1. The van der Waals surface area contributed by atoms with E-state index in [2.05, 4.69) is 112 Å². The first-order valence-electron chi connectivity index (χ1n) is 22.6. The van der Waals surface area contributed by atoms with Crippen molar-refractivity contribution in [3.63, 3.8) is 0 Å². The summed E-state index contributed by atoms with van der Waals surface area (Å²) < 4.78 is 4.42. The van der Waals surface area contributed by atoms with E-state index < -0.39 is 0 Å². The van der Waals surface area contributed by atoms with E-state index in [1.54, 1.807) is 24.3 Å². The Labute approximate surface area is 402 Å². The van der Waals surface area contributed by atoms with Gasteiger partial charge in [0.25, 0.3) is 0 Å². The third-order valence-electron chi connectivity index (χ3n) is 13.1. The smallest absolute Gasteiger partial charge is 0.160 e. The summed E-state index contributed by atoms with van der Waals surface area (Å²) in [6, 6.07) is 77.3. The molecule has 12 rings (SSSR count). The molecule has 3 aromatic heterocycles. The molecule has 0 amide bonds. The highest BCUT2D eigenvalue weighted by Crippen LogP contribution is 2.39. The Morgan fingerprint density at radius 1 is 0.329 bits per heavy atom. The number of benzene rings is 9. The van der Waals surface area contributed by atoms with E-state index in [1.807, 2.05) is 103 Å². The van der Waals surface area contributed by atoms with Crippen LogP contribution in [-0.4, -0.2) is 19.1 Å². The third-order valence-corrected chi connectivity index (χ3v) is 13.1. The van der Waals surface area contributed by atoms with Gasteiger partial charge in [-0.05, 0) is 95.6 Å². The van der Waals surface area contributed by atoms with E-state index in [9.17, 15) is 21.0 Å². The van der Waals surface area contributed by atoms with Crippen LogP contribution in [0.3, 0.4) is 0 Å². The van der Waals surface area contributed by atoms with Crippen molar-refractivity contribution in [3.8, 4) is 91.8 Å². The molecule has 8 nitrogen and oxygen atoms in total. The fourth-order valence-corrected chi connectivity index (χ4v) is 9.78. The second kappa shape index (κ2) is 16.8. The van der Waals surface area contributed by atoms with E-state index in [-0.39, 0.29) is 0 Å². The molecule has 0 saturated carbocycles. The average Bonchev–Trinajstić information content (AvgIpc) is 3.95. The van der Waals surface area contributed by atoms with Crippen LogP contribution >= 0.6 is 0 Å². The fourth-order valence-electron chi connectivity index (χ4n) is 9.78. The molecule has 0 fully saturated rings. The van der Waals surface area contributed by atoms with Gasteiger partial charge in [-0.3, -0.25) is 0 Å². The Bertz CT molecular complexity index is 4150. The van der Waals surface area contributed by atoms with Crippen molar-refractivity contribution in [2.75, 3.05) is 0 Å². The summed E-state index contributed by atoms with van der Waals surface area (Å²) in [5.41, 5.74) is 14.9. The Morgan fingerprint density at radius 3 is 1.43 bits per heavy atom. The molecule has 3 heterocycles. The number of rotatable bonds is 7. The second-order valence-electron chi connectivity index (χ2n) is 17.1. The molecule has 0 aliphatic rings. The Morgan fingerprint density at radius 2 is 0.829 bits per heavy atom. The van der Waals surface area contributed by atoms with Gasteiger partial charge in [-0.2, -0.15) is 21.0 Å². The molecule has 0 unspecified atom stereocenters. The molecule has 0 spiro atoms. The quantitative estimate of drug-likeness (QED) is 0.157. The van der Waals surface area contributed by atoms with Gasteiger partial charge in [-0.1, -0.05) is 127 Å². The highest BCUT2D eigenvalue weighted by Gasteiger charge is 2.20. The Hall–Kier alpha value is -10.4. The number of hydrogen-bond donors (Lipinski definition) is 0. The predicted molar refractivity (Wildman–Crippen MR) is 277 cm³/mol. The lowest BCUT2D eigenvalue weighted by atomic mass is 9.94. The summed E-state index contributed by atoms with van der Waals surface area (Å²) in [5, 5.41) is 45.1. The lowest BCUT2D eigenvalue weighted by Gasteiger charge is -2.14. The first-order chi connectivity index (χ1) is 34.5. The van der Waals surface area contributed by atoms with Gasteiger partial charge in [0, 0.05) is 49.5 Å². The highest BCUT2D eigenvalue weighted by molar-refractivity contribution is 6.12. The normalized spacial score (nSPS) is 11.1. The molecule has 9 aromatic carbocycles. The lowest BCUT2D eigenvalue weighted by Crippen LogP contribution is -2.00. The van der Waals surface area contributed by atoms with Crippen LogP contribution in [0.2, 0.25) is 0 Å². The molecule has 0 bridgehead atoms. The number of fused-ring (bicyclic) bond motifs is 6. The number of hydrogen-bond acceptors (Lipinski definition) is 6. The maximum absolute atomic E-state index is 10.8. The van der Waals surface area contributed by atoms with Gasteiger partial charge in [0.15, 0.2) is 5.82 Å². The topological polar surface area (TPSA) is 131 Å². The minimum absolute atomic E-state index is 0.453. The number of aromatic nitrogens is 4. The lowest BCUT2D eigenvalue weighted by molar-refractivity contribution is 1.15. The van der Waals surface area contributed by atoms with Crippen LogP contribution in [0.15, 0.2) is 206 Å². The molecule has 12 aromatic rings. The van der Waals surface area contributed by atoms with Gasteiger partial charge in [-0.25, -0.2) is 9.97 Å². The van der Waals surface area contributed by atoms with Gasteiger partial charge < -0.3 is 9.13 Å². The van der Waals surface area contributed by atoms with Crippen LogP contribution in [0, 0.1) is 45.3 Å². The average molecular weight is 891 g/mol. The van der Waals surface area contributed by atoms with Crippen LogP contribution in [0.5, 0.6) is 0 Å².